The summed E-state index contributed by atoms with van der Waals surface area (Å²) in [6, 6.07) is 26.7. The van der Waals surface area contributed by atoms with Gasteiger partial charge in [0.2, 0.25) is 0 Å². The van der Waals surface area contributed by atoms with Gasteiger partial charge in [0.05, 0.1) is 42.0 Å². The Kier molecular flexibility index (Phi) is 6.36. The summed E-state index contributed by atoms with van der Waals surface area (Å²) in [7, 11) is 0. The number of nitrogens with zero attached hydrogens (tertiary/aromatic N) is 4. The summed E-state index contributed by atoms with van der Waals surface area (Å²) in [4.78, 5) is 15.8. The average molecular weight is 522 g/mol. The molecule has 0 spiro atoms. The van der Waals surface area contributed by atoms with Gasteiger partial charge >= 0.3 is 6.03 Å². The maximum Gasteiger partial charge on any atom is 0.323 e. The number of aryl methyl sites for hydroxylation is 1. The zero-order chi connectivity index (χ0) is 26.9. The normalized spacial score (nSPS) is 14.3. The Morgan fingerprint density at radius 1 is 1.03 bits per heavy atom. The van der Waals surface area contributed by atoms with Gasteiger partial charge < -0.3 is 19.5 Å². The van der Waals surface area contributed by atoms with E-state index in [4.69, 9.17) is 9.84 Å². The Labute approximate surface area is 226 Å². The van der Waals surface area contributed by atoms with Crippen molar-refractivity contribution < 1.29 is 13.9 Å². The van der Waals surface area contributed by atoms with Crippen LogP contribution in [0.15, 0.2) is 97.2 Å². The number of hydrogen-bond acceptors (Lipinski definition) is 3. The van der Waals surface area contributed by atoms with Gasteiger partial charge in [0.1, 0.15) is 17.4 Å². The van der Waals surface area contributed by atoms with E-state index in [0.717, 1.165) is 28.5 Å². The molecule has 1 atom stereocenters. The van der Waals surface area contributed by atoms with Crippen LogP contribution >= 0.6 is 0 Å². The topological polar surface area (TPSA) is 64.3 Å². The van der Waals surface area contributed by atoms with E-state index in [1.807, 2.05) is 97.5 Å². The Balaban J connectivity index is 1.52. The van der Waals surface area contributed by atoms with Crippen molar-refractivity contribution in [1.82, 2.24) is 19.2 Å². The zero-order valence-electron chi connectivity index (χ0n) is 21.7. The van der Waals surface area contributed by atoms with E-state index >= 15 is 0 Å². The first kappa shape index (κ1) is 24.5. The van der Waals surface area contributed by atoms with Crippen molar-refractivity contribution in [1.29, 1.82) is 0 Å². The number of rotatable bonds is 5. The molecule has 7 nitrogen and oxygen atoms in total. The minimum absolute atomic E-state index is 0.263. The van der Waals surface area contributed by atoms with Gasteiger partial charge in [0.15, 0.2) is 0 Å². The van der Waals surface area contributed by atoms with Crippen molar-refractivity contribution in [2.75, 3.05) is 11.9 Å². The van der Waals surface area contributed by atoms with Crippen LogP contribution in [0.25, 0.3) is 11.5 Å². The number of hydrogen-bond donors (Lipinski definition) is 1. The highest BCUT2D eigenvalue weighted by Crippen LogP contribution is 2.39. The molecule has 1 N–H and O–H groups in total. The van der Waals surface area contributed by atoms with E-state index in [1.54, 1.807) is 11.0 Å². The summed E-state index contributed by atoms with van der Waals surface area (Å²) in [5.41, 5.74) is 4.69. The molecule has 1 aliphatic rings. The molecule has 0 fully saturated rings. The van der Waals surface area contributed by atoms with Gasteiger partial charge in [-0.05, 0) is 67.9 Å². The number of fused-ring (bicyclic) bond motifs is 3. The second-order valence-electron chi connectivity index (χ2n) is 9.38. The maximum absolute atomic E-state index is 14.5. The van der Waals surface area contributed by atoms with Gasteiger partial charge in [0, 0.05) is 11.8 Å². The van der Waals surface area contributed by atoms with Gasteiger partial charge in [-0.15, -0.1) is 0 Å². The number of anilines is 1. The SMILES string of the molecule is CCOc1ccccc1NC(=O)N1Cc2c(C)nn(-c3ccccc3)c2-n2cccc2[C@H]1c1cccc(F)c1. The molecule has 196 valence electrons. The molecule has 3 aromatic carbocycles. The molecule has 2 aromatic heterocycles. The summed E-state index contributed by atoms with van der Waals surface area (Å²) in [6.45, 7) is 4.58. The molecule has 0 bridgehead atoms. The van der Waals surface area contributed by atoms with Gasteiger partial charge in [-0.2, -0.15) is 5.10 Å². The molecule has 8 heteroatoms. The third kappa shape index (κ3) is 4.44. The lowest BCUT2D eigenvalue weighted by atomic mass is 10.0. The van der Waals surface area contributed by atoms with Crippen LogP contribution in [-0.2, 0) is 6.54 Å². The molecule has 0 radical (unpaired) electrons. The molecule has 39 heavy (non-hydrogen) atoms. The Bertz CT molecular complexity index is 1640. The monoisotopic (exact) mass is 521 g/mol. The number of halogens is 1. The van der Waals surface area contributed by atoms with Crippen molar-refractivity contribution in [3.63, 3.8) is 0 Å². The lowest BCUT2D eigenvalue weighted by Gasteiger charge is -2.31. The van der Waals surface area contributed by atoms with Crippen LogP contribution in [0.4, 0.5) is 14.9 Å². The van der Waals surface area contributed by atoms with Crippen LogP contribution in [0.3, 0.4) is 0 Å². The number of ether oxygens (including phenoxy) is 1. The minimum Gasteiger partial charge on any atom is -0.492 e. The fraction of sp³-hybridized carbons (Fsp3) is 0.161. The number of benzene rings is 3. The van der Waals surface area contributed by atoms with E-state index in [9.17, 15) is 9.18 Å². The van der Waals surface area contributed by atoms with Crippen LogP contribution < -0.4 is 10.1 Å². The van der Waals surface area contributed by atoms with Crippen molar-refractivity contribution >= 4 is 11.7 Å². The standard InChI is InChI=1S/C31H28FN5O2/c1-3-39-28-17-8-7-15-26(28)33-31(38)36-20-25-21(2)34-37(24-13-5-4-6-14-24)30(25)35-18-10-16-27(35)29(36)22-11-9-12-23(32)19-22/h4-19,29H,3,20H2,1-2H3,(H,33,38)/t29-/m1/s1. The number of nitrogens with one attached hydrogen (secondary N) is 1. The number of amides is 2. The van der Waals surface area contributed by atoms with Crippen LogP contribution in [0, 0.1) is 12.7 Å². The first-order chi connectivity index (χ1) is 19.0. The van der Waals surface area contributed by atoms with Gasteiger partial charge in [-0.25, -0.2) is 13.9 Å². The number of para-hydroxylation sites is 3. The third-order valence-corrected chi connectivity index (χ3v) is 6.94. The van der Waals surface area contributed by atoms with E-state index in [-0.39, 0.29) is 18.4 Å². The highest BCUT2D eigenvalue weighted by atomic mass is 19.1. The van der Waals surface area contributed by atoms with Crippen LogP contribution in [-0.4, -0.2) is 31.9 Å². The number of urea groups is 1. The Hall–Kier alpha value is -4.85. The Morgan fingerprint density at radius 2 is 1.82 bits per heavy atom. The second kappa shape index (κ2) is 10.1. The highest BCUT2D eigenvalue weighted by Gasteiger charge is 2.36. The van der Waals surface area contributed by atoms with Gasteiger partial charge in [-0.3, -0.25) is 0 Å². The summed E-state index contributed by atoms with van der Waals surface area (Å²) < 4.78 is 24.2. The van der Waals surface area contributed by atoms with Gasteiger partial charge in [-0.1, -0.05) is 42.5 Å². The molecular weight excluding hydrogens is 493 g/mol. The first-order valence-electron chi connectivity index (χ1n) is 12.9. The quantitative estimate of drug-likeness (QED) is 0.282. The second-order valence-corrected chi connectivity index (χ2v) is 9.38. The molecule has 1 aliphatic heterocycles. The van der Waals surface area contributed by atoms with E-state index in [1.165, 1.54) is 12.1 Å². The molecule has 5 aromatic rings. The smallest absolute Gasteiger partial charge is 0.323 e. The fourth-order valence-corrected chi connectivity index (χ4v) is 5.21. The molecule has 3 heterocycles. The molecule has 0 aliphatic carbocycles. The highest BCUT2D eigenvalue weighted by molar-refractivity contribution is 5.91. The lowest BCUT2D eigenvalue weighted by molar-refractivity contribution is 0.194. The minimum atomic E-state index is -0.564. The molecule has 0 saturated heterocycles. The summed E-state index contributed by atoms with van der Waals surface area (Å²) in [6.07, 6.45) is 1.97. The largest absolute Gasteiger partial charge is 0.492 e. The average Bonchev–Trinajstić information content (AvgIpc) is 3.50. The fourth-order valence-electron chi connectivity index (χ4n) is 5.21. The molecular formula is C31H28FN5O2. The molecule has 0 saturated carbocycles. The van der Waals surface area contributed by atoms with Crippen molar-refractivity contribution in [3.8, 4) is 17.3 Å². The van der Waals surface area contributed by atoms with E-state index in [0.29, 0.717) is 23.6 Å². The predicted octanol–water partition coefficient (Wildman–Crippen LogP) is 6.65. The predicted molar refractivity (Wildman–Crippen MR) is 148 cm³/mol. The summed E-state index contributed by atoms with van der Waals surface area (Å²) in [5, 5.41) is 7.92. The Morgan fingerprint density at radius 3 is 2.62 bits per heavy atom. The molecule has 2 amide bonds. The number of aromatic nitrogens is 3. The number of carbonyl (C=O) groups is 1. The lowest BCUT2D eigenvalue weighted by Crippen LogP contribution is -2.38. The van der Waals surface area contributed by atoms with Crippen molar-refractivity contribution in [3.05, 3.63) is 126 Å². The zero-order valence-corrected chi connectivity index (χ0v) is 21.7. The molecule has 6 rings (SSSR count). The van der Waals surface area contributed by atoms with E-state index < -0.39 is 6.04 Å². The summed E-state index contributed by atoms with van der Waals surface area (Å²) >= 11 is 0. The van der Waals surface area contributed by atoms with Crippen LogP contribution in [0.1, 0.15) is 35.5 Å². The number of carbonyl (C=O) groups excluding carboxylic acids is 1. The van der Waals surface area contributed by atoms with E-state index in [2.05, 4.69) is 9.88 Å². The molecule has 0 unspecified atom stereocenters. The van der Waals surface area contributed by atoms with Crippen molar-refractivity contribution in [2.45, 2.75) is 26.4 Å². The first-order valence-corrected chi connectivity index (χ1v) is 12.9. The van der Waals surface area contributed by atoms with Crippen molar-refractivity contribution in [2.24, 2.45) is 0 Å². The van der Waals surface area contributed by atoms with Crippen LogP contribution in [0.2, 0.25) is 0 Å². The van der Waals surface area contributed by atoms with Gasteiger partial charge in [0.25, 0.3) is 0 Å². The maximum atomic E-state index is 14.5. The third-order valence-electron chi connectivity index (χ3n) is 6.94. The summed E-state index contributed by atoms with van der Waals surface area (Å²) in [5.74, 6) is 1.08. The van der Waals surface area contributed by atoms with Crippen LogP contribution in [0.5, 0.6) is 5.75 Å².